The molecule has 1 N–H and O–H groups in total. The lowest BCUT2D eigenvalue weighted by Crippen LogP contribution is -2.27. The zero-order valence-electron chi connectivity index (χ0n) is 14.9. The Labute approximate surface area is 170 Å². The fraction of sp³-hybridized carbons (Fsp3) is 0.167. The molecular formula is C18H15Cl2N5O3. The van der Waals surface area contributed by atoms with E-state index in [4.69, 9.17) is 23.2 Å². The zero-order chi connectivity index (χ0) is 20.4. The first-order valence-corrected chi connectivity index (χ1v) is 8.96. The number of non-ortho nitro benzene ring substituents is 1. The molecule has 3 rings (SSSR count). The largest absolute Gasteiger partial charge is 0.344 e. The van der Waals surface area contributed by atoms with Gasteiger partial charge in [-0.25, -0.2) is 4.68 Å². The summed E-state index contributed by atoms with van der Waals surface area (Å²) in [6, 6.07) is 10.6. The summed E-state index contributed by atoms with van der Waals surface area (Å²) in [7, 11) is 0. The second kappa shape index (κ2) is 7.95. The molecule has 144 valence electrons. The first-order valence-electron chi connectivity index (χ1n) is 8.21. The predicted molar refractivity (Wildman–Crippen MR) is 105 cm³/mol. The molecule has 1 aromatic heterocycles. The Kier molecular flexibility index (Phi) is 5.62. The van der Waals surface area contributed by atoms with Crippen LogP contribution in [0, 0.1) is 17.0 Å². The van der Waals surface area contributed by atoms with Crippen LogP contribution in [0.1, 0.15) is 34.7 Å². The van der Waals surface area contributed by atoms with E-state index in [1.807, 2.05) is 0 Å². The maximum absolute atomic E-state index is 12.6. The maximum Gasteiger partial charge on any atom is 0.274 e. The molecule has 0 saturated carbocycles. The summed E-state index contributed by atoms with van der Waals surface area (Å²) < 4.78 is 1.38. The minimum atomic E-state index is -0.499. The summed E-state index contributed by atoms with van der Waals surface area (Å²) in [5, 5.41) is 22.6. The number of nitrogens with zero attached hydrogens (tertiary/aromatic N) is 4. The third-order valence-electron chi connectivity index (χ3n) is 4.17. The van der Waals surface area contributed by atoms with Crippen molar-refractivity contribution in [3.8, 4) is 5.69 Å². The second-order valence-electron chi connectivity index (χ2n) is 6.07. The van der Waals surface area contributed by atoms with Crippen LogP contribution in [-0.2, 0) is 0 Å². The second-order valence-corrected chi connectivity index (χ2v) is 6.92. The summed E-state index contributed by atoms with van der Waals surface area (Å²) in [6.45, 7) is 3.45. The van der Waals surface area contributed by atoms with Crippen LogP contribution >= 0.6 is 23.2 Å². The van der Waals surface area contributed by atoms with Crippen LogP contribution in [0.2, 0.25) is 10.0 Å². The number of rotatable bonds is 5. The number of nitrogens with one attached hydrogen (secondary N) is 1. The van der Waals surface area contributed by atoms with Gasteiger partial charge in [0.2, 0.25) is 0 Å². The third kappa shape index (κ3) is 3.97. The van der Waals surface area contributed by atoms with E-state index in [0.717, 1.165) is 0 Å². The van der Waals surface area contributed by atoms with Gasteiger partial charge in [-0.15, -0.1) is 5.10 Å². The van der Waals surface area contributed by atoms with Gasteiger partial charge in [0.1, 0.15) is 0 Å². The van der Waals surface area contributed by atoms with E-state index < -0.39 is 10.8 Å². The Morgan fingerprint density at radius 1 is 1.25 bits per heavy atom. The Bertz CT molecular complexity index is 1070. The Balaban J connectivity index is 1.84. The lowest BCUT2D eigenvalue weighted by atomic mass is 10.1. The van der Waals surface area contributed by atoms with Gasteiger partial charge in [0.25, 0.3) is 11.6 Å². The van der Waals surface area contributed by atoms with Crippen LogP contribution in [0.15, 0.2) is 42.5 Å². The quantitative estimate of drug-likeness (QED) is 0.490. The lowest BCUT2D eigenvalue weighted by molar-refractivity contribution is -0.384. The monoisotopic (exact) mass is 419 g/mol. The van der Waals surface area contributed by atoms with Gasteiger partial charge in [0, 0.05) is 22.2 Å². The topological polar surface area (TPSA) is 103 Å². The molecule has 1 amide bonds. The normalized spacial score (nSPS) is 11.9. The van der Waals surface area contributed by atoms with Crippen LogP contribution in [0.3, 0.4) is 0 Å². The molecule has 0 aliphatic rings. The first kappa shape index (κ1) is 19.8. The van der Waals surface area contributed by atoms with Gasteiger partial charge in [0.05, 0.1) is 22.3 Å². The molecule has 0 fully saturated rings. The van der Waals surface area contributed by atoms with Crippen LogP contribution in [0.25, 0.3) is 5.69 Å². The van der Waals surface area contributed by atoms with E-state index in [9.17, 15) is 14.9 Å². The van der Waals surface area contributed by atoms with E-state index in [0.29, 0.717) is 27.0 Å². The molecule has 1 heterocycles. The molecule has 2 aromatic carbocycles. The van der Waals surface area contributed by atoms with E-state index in [-0.39, 0.29) is 17.4 Å². The fourth-order valence-electron chi connectivity index (χ4n) is 2.72. The van der Waals surface area contributed by atoms with Gasteiger partial charge in [-0.05, 0) is 37.6 Å². The smallest absolute Gasteiger partial charge is 0.274 e. The van der Waals surface area contributed by atoms with Crippen LogP contribution in [-0.4, -0.2) is 25.8 Å². The average molecular weight is 420 g/mol. The van der Waals surface area contributed by atoms with E-state index >= 15 is 0 Å². The summed E-state index contributed by atoms with van der Waals surface area (Å²) in [4.78, 5) is 23.1. The number of nitro benzene ring substituents is 1. The number of halogens is 2. The number of carbonyl (C=O) groups excluding carboxylic acids is 1. The molecule has 28 heavy (non-hydrogen) atoms. The molecule has 0 bridgehead atoms. The fourth-order valence-corrected chi connectivity index (χ4v) is 3.29. The van der Waals surface area contributed by atoms with Crippen molar-refractivity contribution >= 4 is 34.8 Å². The summed E-state index contributed by atoms with van der Waals surface area (Å²) in [5.74, 6) is -0.437. The van der Waals surface area contributed by atoms with Gasteiger partial charge >= 0.3 is 0 Å². The molecule has 3 aromatic rings. The van der Waals surface area contributed by atoms with Gasteiger partial charge in [-0.3, -0.25) is 14.9 Å². The van der Waals surface area contributed by atoms with E-state index in [1.165, 1.54) is 16.8 Å². The number of benzene rings is 2. The van der Waals surface area contributed by atoms with Crippen molar-refractivity contribution in [3.63, 3.8) is 0 Å². The molecule has 8 nitrogen and oxygen atoms in total. The van der Waals surface area contributed by atoms with Crippen LogP contribution < -0.4 is 5.32 Å². The average Bonchev–Trinajstić information content (AvgIpc) is 3.03. The van der Waals surface area contributed by atoms with Crippen molar-refractivity contribution in [3.05, 3.63) is 79.6 Å². The van der Waals surface area contributed by atoms with Crippen molar-refractivity contribution < 1.29 is 9.72 Å². The molecular weight excluding hydrogens is 405 g/mol. The number of aromatic nitrogens is 3. The van der Waals surface area contributed by atoms with E-state index in [2.05, 4.69) is 15.6 Å². The summed E-state index contributed by atoms with van der Waals surface area (Å²) >= 11 is 12.1. The van der Waals surface area contributed by atoms with Gasteiger partial charge in [0.15, 0.2) is 5.69 Å². The maximum atomic E-state index is 12.6. The SMILES string of the molecule is Cc1c(C(=O)NC(C)c2ccc(Cl)cc2Cl)nnn1-c1cccc([N+](=O)[O-])c1. The molecule has 10 heteroatoms. The lowest BCUT2D eigenvalue weighted by Gasteiger charge is -2.15. The van der Waals surface area contributed by atoms with Crippen molar-refractivity contribution in [2.75, 3.05) is 0 Å². The number of carbonyl (C=O) groups is 1. The molecule has 0 aliphatic carbocycles. The zero-order valence-corrected chi connectivity index (χ0v) is 16.4. The number of hydrogen-bond donors (Lipinski definition) is 1. The van der Waals surface area contributed by atoms with Crippen molar-refractivity contribution in [1.29, 1.82) is 0 Å². The molecule has 0 saturated heterocycles. The number of amides is 1. The summed E-state index contributed by atoms with van der Waals surface area (Å²) in [5.41, 5.74) is 1.63. The predicted octanol–water partition coefficient (Wildman–Crippen LogP) is 4.28. The van der Waals surface area contributed by atoms with Gasteiger partial charge in [-0.2, -0.15) is 0 Å². The Morgan fingerprint density at radius 2 is 2.00 bits per heavy atom. The molecule has 1 atom stereocenters. The van der Waals surface area contributed by atoms with Gasteiger partial charge < -0.3 is 5.32 Å². The van der Waals surface area contributed by atoms with Crippen molar-refractivity contribution in [2.45, 2.75) is 19.9 Å². The standard InChI is InChI=1S/C18H15Cl2N5O3/c1-10(15-7-6-12(19)8-16(15)20)21-18(26)17-11(2)24(23-22-17)13-4-3-5-14(9-13)25(27)28/h3-10H,1-2H3,(H,21,26). The molecule has 0 spiro atoms. The Morgan fingerprint density at radius 3 is 2.68 bits per heavy atom. The molecule has 1 unspecified atom stereocenters. The minimum absolute atomic E-state index is 0.0793. The third-order valence-corrected chi connectivity index (χ3v) is 4.73. The highest BCUT2D eigenvalue weighted by molar-refractivity contribution is 6.35. The minimum Gasteiger partial charge on any atom is -0.344 e. The van der Waals surface area contributed by atoms with Crippen molar-refractivity contribution in [1.82, 2.24) is 20.3 Å². The molecule has 0 radical (unpaired) electrons. The highest BCUT2D eigenvalue weighted by Crippen LogP contribution is 2.26. The van der Waals surface area contributed by atoms with Gasteiger partial charge in [-0.1, -0.05) is 40.5 Å². The van der Waals surface area contributed by atoms with Crippen LogP contribution in [0.5, 0.6) is 0 Å². The van der Waals surface area contributed by atoms with Crippen molar-refractivity contribution in [2.24, 2.45) is 0 Å². The highest BCUT2D eigenvalue weighted by Gasteiger charge is 2.21. The number of nitro groups is 1. The highest BCUT2D eigenvalue weighted by atomic mass is 35.5. The summed E-state index contributed by atoms with van der Waals surface area (Å²) in [6.07, 6.45) is 0. The number of hydrogen-bond acceptors (Lipinski definition) is 5. The molecule has 0 aliphatic heterocycles. The van der Waals surface area contributed by atoms with Crippen LogP contribution in [0.4, 0.5) is 5.69 Å². The Hall–Kier alpha value is -2.97. The van der Waals surface area contributed by atoms with E-state index in [1.54, 1.807) is 44.2 Å². The first-order chi connectivity index (χ1) is 13.3.